The fraction of sp³-hybridized carbons (Fsp3) is 0. The Labute approximate surface area is 80.2 Å². The van der Waals surface area contributed by atoms with Crippen molar-refractivity contribution in [3.8, 4) is 12.3 Å². The van der Waals surface area contributed by atoms with Crippen LogP contribution in [0.4, 0.5) is 8.78 Å². The van der Waals surface area contributed by atoms with Gasteiger partial charge in [0.25, 0.3) is 0 Å². The molecular weight excluding hydrogens is 182 g/mol. The van der Waals surface area contributed by atoms with Crippen LogP contribution in [-0.2, 0) is 0 Å². The minimum atomic E-state index is -0.452. The molecule has 0 aliphatic heterocycles. The molecule has 14 heavy (non-hydrogen) atoms. The van der Waals surface area contributed by atoms with E-state index in [9.17, 15) is 8.78 Å². The number of rotatable bonds is 0. The van der Waals surface area contributed by atoms with Gasteiger partial charge < -0.3 is 0 Å². The summed E-state index contributed by atoms with van der Waals surface area (Å²) >= 11 is 0. The summed E-state index contributed by atoms with van der Waals surface area (Å²) < 4.78 is 26.0. The topological polar surface area (TPSA) is 0 Å². The highest BCUT2D eigenvalue weighted by Crippen LogP contribution is 2.21. The van der Waals surface area contributed by atoms with Crippen molar-refractivity contribution in [3.63, 3.8) is 0 Å². The van der Waals surface area contributed by atoms with E-state index in [0.717, 1.165) is 0 Å². The fourth-order valence-corrected chi connectivity index (χ4v) is 1.42. The molecule has 0 spiro atoms. The third-order valence-corrected chi connectivity index (χ3v) is 2.08. The molecule has 68 valence electrons. The molecule has 0 amide bonds. The molecule has 0 radical (unpaired) electrons. The Morgan fingerprint density at radius 3 is 2.57 bits per heavy atom. The van der Waals surface area contributed by atoms with Crippen molar-refractivity contribution in [3.05, 3.63) is 47.5 Å². The number of hydrogen-bond donors (Lipinski definition) is 0. The quantitative estimate of drug-likeness (QED) is 0.557. The summed E-state index contributed by atoms with van der Waals surface area (Å²) in [6.45, 7) is 0. The van der Waals surface area contributed by atoms with Crippen molar-refractivity contribution < 1.29 is 8.78 Å². The van der Waals surface area contributed by atoms with Gasteiger partial charge in [-0.3, -0.25) is 0 Å². The standard InChI is InChI=1S/C12H6F2/c1-2-10-11-5-4-9(13)7-8(11)3-6-12(10)14/h1,3-7H. The molecule has 0 atom stereocenters. The van der Waals surface area contributed by atoms with Crippen LogP contribution in [0.15, 0.2) is 30.3 Å². The van der Waals surface area contributed by atoms with Crippen molar-refractivity contribution >= 4 is 10.8 Å². The van der Waals surface area contributed by atoms with Crippen LogP contribution in [0.25, 0.3) is 10.8 Å². The second-order valence-corrected chi connectivity index (χ2v) is 2.93. The largest absolute Gasteiger partial charge is 0.207 e. The molecule has 2 aromatic carbocycles. The summed E-state index contributed by atoms with van der Waals surface area (Å²) in [5.74, 6) is 1.45. The lowest BCUT2D eigenvalue weighted by atomic mass is 10.0. The van der Waals surface area contributed by atoms with E-state index in [1.165, 1.54) is 30.3 Å². The monoisotopic (exact) mass is 188 g/mol. The van der Waals surface area contributed by atoms with Crippen LogP contribution in [-0.4, -0.2) is 0 Å². The van der Waals surface area contributed by atoms with Crippen LogP contribution in [0.2, 0.25) is 0 Å². The van der Waals surface area contributed by atoms with Crippen LogP contribution in [0.5, 0.6) is 0 Å². The Hall–Kier alpha value is -1.88. The molecule has 0 saturated carbocycles. The predicted molar refractivity (Wildman–Crippen MR) is 51.8 cm³/mol. The lowest BCUT2D eigenvalue weighted by Crippen LogP contribution is -1.86. The number of fused-ring (bicyclic) bond motifs is 1. The molecule has 2 aromatic rings. The fourth-order valence-electron chi connectivity index (χ4n) is 1.42. The van der Waals surface area contributed by atoms with E-state index >= 15 is 0 Å². The van der Waals surface area contributed by atoms with Gasteiger partial charge in [0.2, 0.25) is 0 Å². The SMILES string of the molecule is C#Cc1c(F)ccc2cc(F)ccc12. The number of benzene rings is 2. The zero-order valence-corrected chi connectivity index (χ0v) is 7.22. The molecule has 0 saturated heterocycles. The van der Waals surface area contributed by atoms with Gasteiger partial charge in [0.1, 0.15) is 11.6 Å². The molecule has 0 aliphatic carbocycles. The van der Waals surface area contributed by atoms with Crippen molar-refractivity contribution in [2.24, 2.45) is 0 Å². The molecule has 0 aromatic heterocycles. The molecule has 0 unspecified atom stereocenters. The third kappa shape index (κ3) is 1.23. The molecule has 0 heterocycles. The average Bonchev–Trinajstić information content (AvgIpc) is 2.18. The molecule has 0 bridgehead atoms. The van der Waals surface area contributed by atoms with Crippen LogP contribution in [0.3, 0.4) is 0 Å². The second-order valence-electron chi connectivity index (χ2n) is 2.93. The molecule has 0 fully saturated rings. The molecule has 2 heteroatoms. The Morgan fingerprint density at radius 2 is 1.86 bits per heavy atom. The lowest BCUT2D eigenvalue weighted by Gasteiger charge is -2.01. The van der Waals surface area contributed by atoms with Crippen molar-refractivity contribution in [1.82, 2.24) is 0 Å². The number of terminal acetylenes is 1. The van der Waals surface area contributed by atoms with E-state index < -0.39 is 5.82 Å². The Morgan fingerprint density at radius 1 is 1.07 bits per heavy atom. The number of hydrogen-bond acceptors (Lipinski definition) is 0. The third-order valence-electron chi connectivity index (χ3n) is 2.08. The van der Waals surface area contributed by atoms with Gasteiger partial charge in [0.05, 0.1) is 5.56 Å². The van der Waals surface area contributed by atoms with Crippen molar-refractivity contribution in [2.75, 3.05) is 0 Å². The van der Waals surface area contributed by atoms with Gasteiger partial charge in [-0.15, -0.1) is 6.42 Å². The maximum atomic E-state index is 13.2. The zero-order chi connectivity index (χ0) is 10.1. The normalized spacial score (nSPS) is 10.1. The second kappa shape index (κ2) is 3.12. The molecule has 0 N–H and O–H groups in total. The summed E-state index contributed by atoms with van der Waals surface area (Å²) in [7, 11) is 0. The predicted octanol–water partition coefficient (Wildman–Crippen LogP) is 3.10. The summed E-state index contributed by atoms with van der Waals surface area (Å²) in [5, 5.41) is 1.17. The van der Waals surface area contributed by atoms with Crippen LogP contribution in [0.1, 0.15) is 5.56 Å². The average molecular weight is 188 g/mol. The van der Waals surface area contributed by atoms with E-state index in [0.29, 0.717) is 10.8 Å². The van der Waals surface area contributed by atoms with Gasteiger partial charge in [0, 0.05) is 5.39 Å². The van der Waals surface area contributed by atoms with E-state index in [1.807, 2.05) is 0 Å². The van der Waals surface area contributed by atoms with Gasteiger partial charge in [0.15, 0.2) is 0 Å². The molecule has 2 rings (SSSR count). The van der Waals surface area contributed by atoms with Gasteiger partial charge >= 0.3 is 0 Å². The Balaban J connectivity index is 2.90. The zero-order valence-electron chi connectivity index (χ0n) is 7.22. The Bertz CT molecular complexity index is 536. The first-order valence-corrected chi connectivity index (χ1v) is 4.07. The van der Waals surface area contributed by atoms with Crippen molar-refractivity contribution in [2.45, 2.75) is 0 Å². The maximum absolute atomic E-state index is 13.2. The summed E-state index contributed by atoms with van der Waals surface area (Å²) in [6, 6.07) is 6.84. The first-order valence-electron chi connectivity index (χ1n) is 4.07. The highest BCUT2D eigenvalue weighted by atomic mass is 19.1. The summed E-state index contributed by atoms with van der Waals surface area (Å²) in [5.41, 5.74) is 0.183. The summed E-state index contributed by atoms with van der Waals surface area (Å²) in [4.78, 5) is 0. The lowest BCUT2D eigenvalue weighted by molar-refractivity contribution is 0.624. The van der Waals surface area contributed by atoms with Gasteiger partial charge in [-0.1, -0.05) is 18.1 Å². The highest BCUT2D eigenvalue weighted by Gasteiger charge is 2.05. The Kier molecular flexibility index (Phi) is 1.94. The molecular formula is C12H6F2. The molecule has 0 aliphatic rings. The van der Waals surface area contributed by atoms with E-state index in [-0.39, 0.29) is 11.4 Å². The van der Waals surface area contributed by atoms with Crippen molar-refractivity contribution in [1.29, 1.82) is 0 Å². The van der Waals surface area contributed by atoms with Gasteiger partial charge in [-0.05, 0) is 23.6 Å². The van der Waals surface area contributed by atoms with E-state index in [4.69, 9.17) is 6.42 Å². The highest BCUT2D eigenvalue weighted by molar-refractivity contribution is 5.88. The minimum absolute atomic E-state index is 0.183. The van der Waals surface area contributed by atoms with Crippen LogP contribution < -0.4 is 0 Å². The first kappa shape index (κ1) is 8.71. The van der Waals surface area contributed by atoms with Gasteiger partial charge in [-0.25, -0.2) is 8.78 Å². The maximum Gasteiger partial charge on any atom is 0.139 e. The van der Waals surface area contributed by atoms with Crippen LogP contribution in [0, 0.1) is 24.0 Å². The van der Waals surface area contributed by atoms with E-state index in [2.05, 4.69) is 5.92 Å². The summed E-state index contributed by atoms with van der Waals surface area (Å²) in [6.07, 6.45) is 5.17. The minimum Gasteiger partial charge on any atom is -0.207 e. The smallest absolute Gasteiger partial charge is 0.139 e. The van der Waals surface area contributed by atoms with Crippen LogP contribution >= 0.6 is 0 Å². The molecule has 0 nitrogen and oxygen atoms in total. The number of halogens is 2. The van der Waals surface area contributed by atoms with E-state index in [1.54, 1.807) is 0 Å². The van der Waals surface area contributed by atoms with Gasteiger partial charge in [-0.2, -0.15) is 0 Å². The first-order chi connectivity index (χ1) is 6.72.